The maximum absolute atomic E-state index is 13.0. The van der Waals surface area contributed by atoms with Crippen molar-refractivity contribution in [2.45, 2.75) is 0 Å². The Morgan fingerprint density at radius 1 is 0.946 bits per heavy atom. The second-order valence-electron chi connectivity index (χ2n) is 7.28. The third-order valence-corrected chi connectivity index (χ3v) is 5.63. The van der Waals surface area contributed by atoms with Crippen LogP contribution < -0.4 is 18.9 Å². The molecule has 0 aliphatic rings. The SMILES string of the molecule is COc1cccc(Oc2c(NS(=O)(=O)/C=C/c3ccccc3)nc(-c3ncccn3)nc2OCCF)c1. The third-order valence-electron chi connectivity index (χ3n) is 4.66. The van der Waals surface area contributed by atoms with Gasteiger partial charge in [0.2, 0.25) is 11.6 Å². The number of rotatable bonds is 11. The minimum Gasteiger partial charge on any atom is -0.497 e. The van der Waals surface area contributed by atoms with Crippen molar-refractivity contribution >= 4 is 21.9 Å². The first-order valence-electron chi connectivity index (χ1n) is 10.9. The van der Waals surface area contributed by atoms with Crippen LogP contribution >= 0.6 is 0 Å². The highest BCUT2D eigenvalue weighted by Gasteiger charge is 2.23. The van der Waals surface area contributed by atoms with E-state index in [1.165, 1.54) is 25.6 Å². The molecule has 0 aliphatic carbocycles. The zero-order valence-electron chi connectivity index (χ0n) is 19.6. The van der Waals surface area contributed by atoms with Gasteiger partial charge in [-0.1, -0.05) is 36.4 Å². The predicted octanol–water partition coefficient (Wildman–Crippen LogP) is 4.50. The molecular weight excluding hydrogens is 501 g/mol. The summed E-state index contributed by atoms with van der Waals surface area (Å²) in [5.74, 6) is 0.162. The van der Waals surface area contributed by atoms with Crippen LogP contribution in [0.1, 0.15) is 5.56 Å². The number of sulfonamides is 1. The molecule has 0 fully saturated rings. The van der Waals surface area contributed by atoms with E-state index in [9.17, 15) is 12.8 Å². The molecule has 0 unspecified atom stereocenters. The van der Waals surface area contributed by atoms with Crippen molar-refractivity contribution in [2.24, 2.45) is 0 Å². The third kappa shape index (κ3) is 6.98. The summed E-state index contributed by atoms with van der Waals surface area (Å²) in [4.78, 5) is 16.8. The Morgan fingerprint density at radius 3 is 2.43 bits per heavy atom. The van der Waals surface area contributed by atoms with Gasteiger partial charge in [0.05, 0.1) is 12.5 Å². The Balaban J connectivity index is 1.80. The van der Waals surface area contributed by atoms with Gasteiger partial charge in [-0.15, -0.1) is 0 Å². The molecule has 0 atom stereocenters. The number of alkyl halides is 1. The monoisotopic (exact) mass is 523 g/mol. The van der Waals surface area contributed by atoms with E-state index in [1.54, 1.807) is 54.6 Å². The first-order chi connectivity index (χ1) is 18.0. The number of benzene rings is 2. The number of aromatic nitrogens is 4. The molecule has 0 spiro atoms. The van der Waals surface area contributed by atoms with Gasteiger partial charge in [0.1, 0.15) is 24.8 Å². The van der Waals surface area contributed by atoms with Gasteiger partial charge in [0.25, 0.3) is 15.9 Å². The number of hydrogen-bond donors (Lipinski definition) is 1. The van der Waals surface area contributed by atoms with Gasteiger partial charge < -0.3 is 14.2 Å². The number of methoxy groups -OCH3 is 1. The zero-order chi connectivity index (χ0) is 26.1. The Morgan fingerprint density at radius 2 is 1.70 bits per heavy atom. The fourth-order valence-electron chi connectivity index (χ4n) is 3.02. The average Bonchev–Trinajstić information content (AvgIpc) is 2.93. The van der Waals surface area contributed by atoms with Gasteiger partial charge in [-0.05, 0) is 29.8 Å². The van der Waals surface area contributed by atoms with E-state index in [-0.39, 0.29) is 41.5 Å². The fourth-order valence-corrected chi connectivity index (χ4v) is 3.83. The molecular formula is C25H22FN5O5S. The summed E-state index contributed by atoms with van der Waals surface area (Å²) in [6.45, 7) is -1.18. The second-order valence-corrected chi connectivity index (χ2v) is 8.85. The molecule has 2 heterocycles. The largest absolute Gasteiger partial charge is 0.497 e. The number of hydrogen-bond acceptors (Lipinski definition) is 9. The number of halogens is 1. The van der Waals surface area contributed by atoms with Crippen LogP contribution in [-0.2, 0) is 10.0 Å². The van der Waals surface area contributed by atoms with Crippen molar-refractivity contribution in [1.29, 1.82) is 0 Å². The van der Waals surface area contributed by atoms with Crippen LogP contribution in [0.15, 0.2) is 78.5 Å². The number of nitrogens with zero attached hydrogens (tertiary/aromatic N) is 4. The van der Waals surface area contributed by atoms with E-state index in [0.29, 0.717) is 11.3 Å². The van der Waals surface area contributed by atoms with E-state index in [2.05, 4.69) is 24.7 Å². The normalized spacial score (nSPS) is 11.3. The fraction of sp³-hybridized carbons (Fsp3) is 0.120. The molecule has 10 nitrogen and oxygen atoms in total. The molecule has 0 aliphatic heterocycles. The molecule has 4 rings (SSSR count). The summed E-state index contributed by atoms with van der Waals surface area (Å²) >= 11 is 0. The van der Waals surface area contributed by atoms with Crippen molar-refractivity contribution < 1.29 is 27.0 Å². The van der Waals surface area contributed by atoms with Crippen molar-refractivity contribution in [3.05, 3.63) is 84.0 Å². The smallest absolute Gasteiger partial charge is 0.263 e. The minimum atomic E-state index is -4.09. The standard InChI is InChI=1S/C25H22FN5O5S/c1-34-19-9-5-10-20(17-19)36-21-22(31-37(32,33)16-11-18-7-3-2-4-8-18)29-24(23-27-13-6-14-28-23)30-25(21)35-15-12-26/h2-11,13-14,16-17H,12,15H2,1H3,(H,29,30,31)/b16-11+. The van der Waals surface area contributed by atoms with Gasteiger partial charge in [-0.2, -0.15) is 4.98 Å². The lowest BCUT2D eigenvalue weighted by atomic mass is 10.2. The minimum absolute atomic E-state index is 0.0582. The summed E-state index contributed by atoms with van der Waals surface area (Å²) in [7, 11) is -2.60. The maximum atomic E-state index is 13.0. The van der Waals surface area contributed by atoms with Crippen LogP contribution in [0.2, 0.25) is 0 Å². The van der Waals surface area contributed by atoms with Crippen LogP contribution in [0.25, 0.3) is 17.7 Å². The number of nitrogens with one attached hydrogen (secondary N) is 1. The summed E-state index contributed by atoms with van der Waals surface area (Å²) in [6.07, 6.45) is 4.37. The van der Waals surface area contributed by atoms with Crippen LogP contribution in [0.5, 0.6) is 23.1 Å². The highest BCUT2D eigenvalue weighted by Crippen LogP contribution is 2.39. The quantitative estimate of drug-likeness (QED) is 0.302. The molecule has 0 bridgehead atoms. The van der Waals surface area contributed by atoms with Crippen molar-refractivity contribution in [3.8, 4) is 34.8 Å². The Bertz CT molecular complexity index is 1470. The molecule has 4 aromatic rings. The summed E-state index contributed by atoms with van der Waals surface area (Å²) in [5.41, 5.74) is 0.675. The first kappa shape index (κ1) is 25.5. The average molecular weight is 524 g/mol. The molecule has 190 valence electrons. The molecule has 0 radical (unpaired) electrons. The molecule has 2 aromatic carbocycles. The van der Waals surface area contributed by atoms with Crippen LogP contribution in [0.3, 0.4) is 0 Å². The first-order valence-corrected chi connectivity index (χ1v) is 12.5. The van der Waals surface area contributed by atoms with Gasteiger partial charge in [-0.25, -0.2) is 27.8 Å². The second kappa shape index (κ2) is 11.9. The van der Waals surface area contributed by atoms with Crippen LogP contribution in [0.4, 0.5) is 10.2 Å². The van der Waals surface area contributed by atoms with Gasteiger partial charge in [0, 0.05) is 18.5 Å². The van der Waals surface area contributed by atoms with E-state index in [0.717, 1.165) is 5.41 Å². The summed E-state index contributed by atoms with van der Waals surface area (Å²) < 4.78 is 58.0. The van der Waals surface area contributed by atoms with Crippen molar-refractivity contribution in [3.63, 3.8) is 0 Å². The summed E-state index contributed by atoms with van der Waals surface area (Å²) in [5, 5.41) is 0.987. The lowest BCUT2D eigenvalue weighted by molar-refractivity contribution is 0.255. The molecule has 0 saturated carbocycles. The van der Waals surface area contributed by atoms with Gasteiger partial charge in [0.15, 0.2) is 11.6 Å². The molecule has 12 heteroatoms. The molecule has 0 saturated heterocycles. The Hall–Kier alpha value is -4.58. The number of ether oxygens (including phenoxy) is 3. The predicted molar refractivity (Wildman–Crippen MR) is 136 cm³/mol. The lowest BCUT2D eigenvalue weighted by Gasteiger charge is -2.16. The van der Waals surface area contributed by atoms with Crippen molar-refractivity contribution in [1.82, 2.24) is 19.9 Å². The van der Waals surface area contributed by atoms with E-state index >= 15 is 0 Å². The van der Waals surface area contributed by atoms with Crippen LogP contribution in [-0.4, -0.2) is 48.7 Å². The van der Waals surface area contributed by atoms with E-state index in [1.807, 2.05) is 6.07 Å². The highest BCUT2D eigenvalue weighted by molar-refractivity contribution is 7.95. The zero-order valence-corrected chi connectivity index (χ0v) is 20.4. The number of anilines is 1. The molecule has 2 aromatic heterocycles. The highest BCUT2D eigenvalue weighted by atomic mass is 32.2. The maximum Gasteiger partial charge on any atom is 0.263 e. The molecule has 37 heavy (non-hydrogen) atoms. The Kier molecular flexibility index (Phi) is 8.21. The topological polar surface area (TPSA) is 125 Å². The van der Waals surface area contributed by atoms with E-state index in [4.69, 9.17) is 14.2 Å². The van der Waals surface area contributed by atoms with Gasteiger partial charge >= 0.3 is 0 Å². The van der Waals surface area contributed by atoms with E-state index < -0.39 is 16.7 Å². The van der Waals surface area contributed by atoms with Gasteiger partial charge in [-0.3, -0.25) is 4.72 Å². The molecule has 0 amide bonds. The molecule has 1 N–H and O–H groups in total. The Labute approximate surface area is 212 Å². The summed E-state index contributed by atoms with van der Waals surface area (Å²) in [6, 6.07) is 17.1. The van der Waals surface area contributed by atoms with Crippen molar-refractivity contribution in [2.75, 3.05) is 25.1 Å². The van der Waals surface area contributed by atoms with Crippen LogP contribution in [0, 0.1) is 0 Å². The lowest BCUT2D eigenvalue weighted by Crippen LogP contribution is -2.14.